The topological polar surface area (TPSA) is 108 Å². The Morgan fingerprint density at radius 1 is 1.43 bits per heavy atom. The average molecular weight is 344 g/mol. The molecule has 0 saturated heterocycles. The number of hydrogen-bond acceptors (Lipinski definition) is 5. The van der Waals surface area contributed by atoms with Gasteiger partial charge in [-0.3, -0.25) is 10.2 Å². The van der Waals surface area contributed by atoms with Crippen LogP contribution in [0.4, 0.5) is 0 Å². The zero-order chi connectivity index (χ0) is 18.4. The molecule has 2 atom stereocenters. The third kappa shape index (κ3) is 7.28. The van der Waals surface area contributed by atoms with E-state index in [1.165, 1.54) is 6.08 Å². The van der Waals surface area contributed by atoms with Crippen LogP contribution in [0.25, 0.3) is 0 Å². The Labute approximate surface area is 141 Å². The van der Waals surface area contributed by atoms with Crippen molar-refractivity contribution in [1.82, 2.24) is 5.32 Å². The maximum absolute atomic E-state index is 11.7. The maximum Gasteiger partial charge on any atom is 0.242 e. The van der Waals surface area contributed by atoms with E-state index in [1.54, 1.807) is 6.92 Å². The summed E-state index contributed by atoms with van der Waals surface area (Å²) in [7, 11) is -2.02. The van der Waals surface area contributed by atoms with Gasteiger partial charge in [-0.25, -0.2) is 0 Å². The molecule has 0 rings (SSSR count). The first-order valence-corrected chi connectivity index (χ1v) is 11.0. The predicted molar refractivity (Wildman–Crippen MR) is 97.2 cm³/mol. The zero-order valence-electron chi connectivity index (χ0n) is 15.5. The quantitative estimate of drug-likeness (QED) is 0.246. The van der Waals surface area contributed by atoms with Gasteiger partial charge in [0.05, 0.1) is 12.1 Å². The van der Waals surface area contributed by atoms with E-state index < -0.39 is 26.4 Å². The summed E-state index contributed by atoms with van der Waals surface area (Å²) in [6.45, 7) is 14.2. The Bertz CT molecular complexity index is 456. The zero-order valence-corrected chi connectivity index (χ0v) is 16.5. The molecule has 0 aromatic heterocycles. The number of aliphatic hydroxyl groups excluding tert-OH is 1. The monoisotopic (exact) mass is 343 g/mol. The fraction of sp³-hybridized carbons (Fsp3) is 0.750. The van der Waals surface area contributed by atoms with Gasteiger partial charge in [-0.2, -0.15) is 0 Å². The smallest absolute Gasteiger partial charge is 0.242 e. The molecule has 0 heterocycles. The van der Waals surface area contributed by atoms with Crippen molar-refractivity contribution in [2.45, 2.75) is 77.7 Å². The predicted octanol–water partition coefficient (Wildman–Crippen LogP) is 3.06. The van der Waals surface area contributed by atoms with Crippen molar-refractivity contribution < 1.29 is 14.3 Å². The molecule has 0 aromatic rings. The average Bonchev–Trinajstić information content (AvgIpc) is 2.36. The molecule has 0 aromatic carbocycles. The molecule has 7 heteroatoms. The van der Waals surface area contributed by atoms with Crippen LogP contribution in [0.1, 0.15) is 47.5 Å². The molecule has 0 aliphatic heterocycles. The van der Waals surface area contributed by atoms with E-state index in [4.69, 9.17) is 15.6 Å². The van der Waals surface area contributed by atoms with Crippen LogP contribution in [-0.4, -0.2) is 37.3 Å². The van der Waals surface area contributed by atoms with E-state index in [0.29, 0.717) is 6.42 Å². The van der Waals surface area contributed by atoms with Crippen molar-refractivity contribution in [3.8, 4) is 0 Å². The van der Waals surface area contributed by atoms with Crippen LogP contribution in [0.15, 0.2) is 11.8 Å². The van der Waals surface area contributed by atoms with Crippen LogP contribution in [-0.2, 0) is 9.22 Å². The van der Waals surface area contributed by atoms with E-state index in [-0.39, 0.29) is 16.6 Å². The van der Waals surface area contributed by atoms with Crippen molar-refractivity contribution in [1.29, 1.82) is 5.41 Å². The molecular weight excluding hydrogens is 310 g/mol. The number of amidine groups is 1. The van der Waals surface area contributed by atoms with Crippen LogP contribution >= 0.6 is 0 Å². The summed E-state index contributed by atoms with van der Waals surface area (Å²) in [4.78, 5) is 11.7. The van der Waals surface area contributed by atoms with Crippen LogP contribution in [0.5, 0.6) is 0 Å². The molecule has 0 aliphatic carbocycles. The van der Waals surface area contributed by atoms with Crippen molar-refractivity contribution in [2.75, 3.05) is 0 Å². The SMILES string of the molecule is CCC[C@H](N)C(=O)NC(=N)/C=C(\O)C(C)O[Si](C)(C)C(C)(C)C. The van der Waals surface area contributed by atoms with E-state index >= 15 is 0 Å². The summed E-state index contributed by atoms with van der Waals surface area (Å²) in [5, 5.41) is 20.3. The standard InChI is InChI=1S/C16H33N3O3Si/c1-8-9-12(17)15(21)19-14(18)10-13(20)11(2)22-23(6,7)16(3,4)5/h10-12,20H,8-9,17H2,1-7H3,(H2,18,19,21)/b13-10-/t11?,12-/m0/s1. The third-order valence-corrected chi connectivity index (χ3v) is 8.74. The van der Waals surface area contributed by atoms with Crippen LogP contribution in [0.3, 0.4) is 0 Å². The normalized spacial score (nSPS) is 15.9. The van der Waals surface area contributed by atoms with Crippen molar-refractivity contribution in [3.05, 3.63) is 11.8 Å². The van der Waals surface area contributed by atoms with Gasteiger partial charge in [0.25, 0.3) is 0 Å². The number of nitrogens with two attached hydrogens (primary N) is 1. The van der Waals surface area contributed by atoms with Gasteiger partial charge in [0.1, 0.15) is 11.6 Å². The van der Waals surface area contributed by atoms with Gasteiger partial charge in [0.2, 0.25) is 5.91 Å². The van der Waals surface area contributed by atoms with E-state index in [9.17, 15) is 9.90 Å². The number of nitrogens with one attached hydrogen (secondary N) is 2. The molecular formula is C16H33N3O3Si. The summed E-state index contributed by atoms with van der Waals surface area (Å²) in [6.07, 6.45) is 2.02. The summed E-state index contributed by atoms with van der Waals surface area (Å²) in [6, 6.07) is -0.642. The lowest BCUT2D eigenvalue weighted by atomic mass is 10.1. The number of aliphatic hydroxyl groups is 1. The second kappa shape index (κ2) is 8.61. The number of rotatable bonds is 7. The third-order valence-electron chi connectivity index (χ3n) is 4.18. The molecule has 23 heavy (non-hydrogen) atoms. The molecule has 134 valence electrons. The van der Waals surface area contributed by atoms with Crippen molar-refractivity contribution >= 4 is 20.1 Å². The Balaban J connectivity index is 4.76. The molecule has 0 fully saturated rings. The first-order valence-electron chi connectivity index (χ1n) is 8.05. The Hall–Kier alpha value is -1.18. The van der Waals surface area contributed by atoms with Gasteiger partial charge < -0.3 is 20.6 Å². The highest BCUT2D eigenvalue weighted by atomic mass is 28.4. The Morgan fingerprint density at radius 2 is 1.96 bits per heavy atom. The summed E-state index contributed by atoms with van der Waals surface area (Å²) in [5.41, 5.74) is 5.69. The largest absolute Gasteiger partial charge is 0.509 e. The number of carbonyl (C=O) groups excluding carboxylic acids is 1. The highest BCUT2D eigenvalue weighted by Crippen LogP contribution is 2.37. The number of hydrogen-bond donors (Lipinski definition) is 4. The second-order valence-corrected chi connectivity index (χ2v) is 12.1. The van der Waals surface area contributed by atoms with Gasteiger partial charge in [-0.05, 0) is 31.5 Å². The minimum atomic E-state index is -2.02. The minimum absolute atomic E-state index is 0.0240. The van der Waals surface area contributed by atoms with Gasteiger partial charge in [0.15, 0.2) is 8.32 Å². The van der Waals surface area contributed by atoms with E-state index in [1.807, 2.05) is 6.92 Å². The summed E-state index contributed by atoms with van der Waals surface area (Å²) < 4.78 is 6.04. The number of carbonyl (C=O) groups is 1. The summed E-state index contributed by atoms with van der Waals surface area (Å²) >= 11 is 0. The fourth-order valence-electron chi connectivity index (χ4n) is 1.65. The first kappa shape index (κ1) is 21.8. The molecule has 0 saturated carbocycles. The van der Waals surface area contributed by atoms with E-state index in [2.05, 4.69) is 39.2 Å². The van der Waals surface area contributed by atoms with Crippen molar-refractivity contribution in [2.24, 2.45) is 5.73 Å². The molecule has 5 N–H and O–H groups in total. The van der Waals surface area contributed by atoms with Crippen LogP contribution in [0, 0.1) is 5.41 Å². The van der Waals surface area contributed by atoms with Gasteiger partial charge in [0, 0.05) is 6.08 Å². The lowest BCUT2D eigenvalue weighted by Gasteiger charge is -2.38. The van der Waals surface area contributed by atoms with Gasteiger partial charge >= 0.3 is 0 Å². The van der Waals surface area contributed by atoms with Gasteiger partial charge in [-0.15, -0.1) is 0 Å². The molecule has 0 bridgehead atoms. The molecule has 0 aliphatic rings. The Kier molecular flexibility index (Phi) is 8.17. The maximum atomic E-state index is 11.7. The molecule has 6 nitrogen and oxygen atoms in total. The fourth-order valence-corrected chi connectivity index (χ4v) is 3.01. The Morgan fingerprint density at radius 3 is 2.39 bits per heavy atom. The minimum Gasteiger partial charge on any atom is -0.509 e. The highest BCUT2D eigenvalue weighted by molar-refractivity contribution is 6.74. The molecule has 0 radical (unpaired) electrons. The lowest BCUT2D eigenvalue weighted by molar-refractivity contribution is -0.121. The molecule has 1 amide bonds. The first-order chi connectivity index (χ1) is 10.3. The molecule has 0 spiro atoms. The van der Waals surface area contributed by atoms with Crippen molar-refractivity contribution in [3.63, 3.8) is 0 Å². The van der Waals surface area contributed by atoms with Gasteiger partial charge in [-0.1, -0.05) is 34.1 Å². The summed E-state index contributed by atoms with van der Waals surface area (Å²) in [5.74, 6) is -0.687. The number of amides is 1. The highest BCUT2D eigenvalue weighted by Gasteiger charge is 2.39. The van der Waals surface area contributed by atoms with E-state index in [0.717, 1.165) is 6.42 Å². The van der Waals surface area contributed by atoms with Crippen LogP contribution in [0.2, 0.25) is 18.1 Å². The van der Waals surface area contributed by atoms with Crippen LogP contribution < -0.4 is 11.1 Å². The molecule has 1 unspecified atom stereocenters. The second-order valence-electron chi connectivity index (χ2n) is 7.39. The lowest BCUT2D eigenvalue weighted by Crippen LogP contribution is -2.44.